The van der Waals surface area contributed by atoms with Crippen LogP contribution in [0.3, 0.4) is 0 Å². The van der Waals surface area contributed by atoms with Gasteiger partial charge in [-0.1, -0.05) is 48.5 Å². The van der Waals surface area contributed by atoms with Crippen LogP contribution in [0.2, 0.25) is 0 Å². The molecule has 0 bridgehead atoms. The average Bonchev–Trinajstić information content (AvgIpc) is 3.49. The highest BCUT2D eigenvalue weighted by Gasteiger charge is 2.09. The smallest absolute Gasteiger partial charge is 0.229 e. The molecule has 200 valence electrons. The minimum Gasteiger partial charge on any atom is -0.493 e. The van der Waals surface area contributed by atoms with Crippen molar-refractivity contribution in [2.75, 3.05) is 43.3 Å². The Balaban J connectivity index is 1.28. The van der Waals surface area contributed by atoms with Gasteiger partial charge in [0.2, 0.25) is 17.8 Å². The molecule has 0 fully saturated rings. The second kappa shape index (κ2) is 12.6. The molecule has 0 unspecified atom stereocenters. The average molecular weight is 525 g/mol. The number of H-pyrrole nitrogens is 1. The Bertz CT molecular complexity index is 1500. The van der Waals surface area contributed by atoms with E-state index in [9.17, 15) is 0 Å². The van der Waals surface area contributed by atoms with E-state index >= 15 is 0 Å². The molecule has 10 nitrogen and oxygen atoms in total. The van der Waals surface area contributed by atoms with Gasteiger partial charge in [0.1, 0.15) is 0 Å². The number of hydrogen-bond donors (Lipinski definition) is 4. The third-order valence-corrected chi connectivity index (χ3v) is 6.33. The Morgan fingerprint density at radius 3 is 2.21 bits per heavy atom. The molecule has 0 amide bonds. The van der Waals surface area contributed by atoms with Crippen LogP contribution < -0.4 is 25.4 Å². The summed E-state index contributed by atoms with van der Waals surface area (Å²) in [6.45, 7) is 1.87. The summed E-state index contributed by atoms with van der Waals surface area (Å²) in [5.41, 5.74) is 3.32. The number of aromatic amines is 1. The lowest BCUT2D eigenvalue weighted by molar-refractivity contribution is 0.354. The van der Waals surface area contributed by atoms with Gasteiger partial charge in [0, 0.05) is 37.9 Å². The van der Waals surface area contributed by atoms with Gasteiger partial charge in [0.05, 0.1) is 20.5 Å². The minimum absolute atomic E-state index is 0.495. The number of methoxy groups -OCH3 is 2. The van der Waals surface area contributed by atoms with Gasteiger partial charge in [-0.25, -0.2) is 4.98 Å². The normalized spacial score (nSPS) is 10.8. The van der Waals surface area contributed by atoms with Crippen LogP contribution in [0.15, 0.2) is 73.2 Å². The molecule has 0 saturated heterocycles. The van der Waals surface area contributed by atoms with E-state index in [1.165, 1.54) is 16.3 Å². The first kappa shape index (κ1) is 25.8. The largest absolute Gasteiger partial charge is 0.493 e. The second-order valence-electron chi connectivity index (χ2n) is 8.92. The highest BCUT2D eigenvalue weighted by atomic mass is 16.5. The molecule has 2 heterocycles. The fraction of sp³-hybridized carbons (Fsp3) is 0.241. The fourth-order valence-electron chi connectivity index (χ4n) is 4.32. The summed E-state index contributed by atoms with van der Waals surface area (Å²) in [4.78, 5) is 21.0. The maximum absolute atomic E-state index is 5.43. The number of imidazole rings is 1. The van der Waals surface area contributed by atoms with Crippen LogP contribution in [-0.2, 0) is 19.4 Å². The van der Waals surface area contributed by atoms with E-state index in [1.807, 2.05) is 30.5 Å². The lowest BCUT2D eigenvalue weighted by atomic mass is 10.0. The molecular weight excluding hydrogens is 492 g/mol. The Kier molecular flexibility index (Phi) is 8.32. The molecule has 5 rings (SSSR count). The molecule has 0 aliphatic carbocycles. The number of hydrogen-bond acceptors (Lipinski definition) is 9. The highest BCUT2D eigenvalue weighted by Crippen LogP contribution is 2.27. The van der Waals surface area contributed by atoms with E-state index in [4.69, 9.17) is 9.47 Å². The predicted octanol–water partition coefficient (Wildman–Crippen LogP) is 4.69. The van der Waals surface area contributed by atoms with Crippen molar-refractivity contribution in [1.82, 2.24) is 24.9 Å². The van der Waals surface area contributed by atoms with Crippen LogP contribution in [0.4, 0.5) is 17.8 Å². The summed E-state index contributed by atoms with van der Waals surface area (Å²) in [6.07, 6.45) is 5.02. The van der Waals surface area contributed by atoms with E-state index in [2.05, 4.69) is 77.3 Å². The van der Waals surface area contributed by atoms with Crippen molar-refractivity contribution in [3.8, 4) is 11.5 Å². The Morgan fingerprint density at radius 2 is 1.46 bits per heavy atom. The molecule has 0 atom stereocenters. The van der Waals surface area contributed by atoms with Crippen molar-refractivity contribution in [1.29, 1.82) is 0 Å². The number of ether oxygens (including phenoxy) is 2. The van der Waals surface area contributed by atoms with Gasteiger partial charge in [-0.3, -0.25) is 0 Å². The number of fused-ring (bicyclic) bond motifs is 1. The molecule has 0 aliphatic rings. The first-order valence-corrected chi connectivity index (χ1v) is 12.8. The number of nitrogens with one attached hydrogen (secondary N) is 4. The highest BCUT2D eigenvalue weighted by molar-refractivity contribution is 5.85. The third kappa shape index (κ3) is 6.72. The monoisotopic (exact) mass is 524 g/mol. The van der Waals surface area contributed by atoms with Crippen molar-refractivity contribution >= 4 is 28.6 Å². The number of aromatic nitrogens is 5. The van der Waals surface area contributed by atoms with Crippen LogP contribution in [-0.4, -0.2) is 52.2 Å². The van der Waals surface area contributed by atoms with Gasteiger partial charge < -0.3 is 30.4 Å². The van der Waals surface area contributed by atoms with Gasteiger partial charge >= 0.3 is 0 Å². The van der Waals surface area contributed by atoms with Gasteiger partial charge in [-0.15, -0.1) is 0 Å². The van der Waals surface area contributed by atoms with E-state index in [0.29, 0.717) is 49.0 Å². The van der Waals surface area contributed by atoms with Crippen LogP contribution in [0, 0.1) is 0 Å². The van der Waals surface area contributed by atoms with E-state index < -0.39 is 0 Å². The Hall–Kier alpha value is -4.86. The Labute approximate surface area is 227 Å². The quantitative estimate of drug-likeness (QED) is 0.174. The third-order valence-electron chi connectivity index (χ3n) is 6.33. The zero-order valence-corrected chi connectivity index (χ0v) is 22.1. The lowest BCUT2D eigenvalue weighted by Crippen LogP contribution is -2.15. The first-order valence-electron chi connectivity index (χ1n) is 12.8. The molecule has 10 heteroatoms. The SMILES string of the molecule is COc1ccc(CCNc2nc(NCCc3cnc[nH]3)nc(NCc3cccc4ccccc34)n2)cc1OC. The van der Waals surface area contributed by atoms with Crippen LogP contribution in [0.25, 0.3) is 10.8 Å². The maximum atomic E-state index is 5.43. The molecule has 5 aromatic rings. The molecule has 0 aliphatic heterocycles. The molecule has 2 aromatic heterocycles. The van der Waals surface area contributed by atoms with Gasteiger partial charge in [0.25, 0.3) is 0 Å². The van der Waals surface area contributed by atoms with E-state index in [1.54, 1.807) is 20.5 Å². The molecular formula is C29H32N8O2. The van der Waals surface area contributed by atoms with Gasteiger partial charge in [-0.05, 0) is 40.5 Å². The number of anilines is 3. The van der Waals surface area contributed by atoms with Crippen LogP contribution in [0.5, 0.6) is 11.5 Å². The van der Waals surface area contributed by atoms with E-state index in [-0.39, 0.29) is 0 Å². The molecule has 3 aromatic carbocycles. The van der Waals surface area contributed by atoms with Crippen molar-refractivity contribution in [2.24, 2.45) is 0 Å². The molecule has 4 N–H and O–H groups in total. The summed E-state index contributed by atoms with van der Waals surface area (Å²) in [6, 6.07) is 20.6. The molecule has 0 spiro atoms. The summed E-state index contributed by atoms with van der Waals surface area (Å²) in [5, 5.41) is 12.4. The summed E-state index contributed by atoms with van der Waals surface area (Å²) in [5.74, 6) is 2.90. The predicted molar refractivity (Wildman–Crippen MR) is 154 cm³/mol. The number of benzene rings is 3. The maximum Gasteiger partial charge on any atom is 0.229 e. The molecule has 39 heavy (non-hydrogen) atoms. The van der Waals surface area contributed by atoms with Crippen LogP contribution >= 0.6 is 0 Å². The van der Waals surface area contributed by atoms with Gasteiger partial charge in [0.15, 0.2) is 11.5 Å². The van der Waals surface area contributed by atoms with Crippen molar-refractivity contribution in [3.05, 3.63) is 90.0 Å². The summed E-state index contributed by atoms with van der Waals surface area (Å²) < 4.78 is 10.8. The standard InChI is InChI=1S/C29H32N8O2/c1-38-25-11-10-20(16-26(25)39-2)12-14-31-27-35-28(32-15-13-23-18-30-19-34-23)37-29(36-27)33-17-22-8-5-7-21-6-3-4-9-24(21)22/h3-11,16,18-19H,12-15,17H2,1-2H3,(H,30,34)(H3,31,32,33,35,36,37). The Morgan fingerprint density at radius 1 is 0.744 bits per heavy atom. The first-order chi connectivity index (χ1) is 19.2. The lowest BCUT2D eigenvalue weighted by Gasteiger charge is -2.13. The zero-order chi connectivity index (χ0) is 26.9. The minimum atomic E-state index is 0.495. The molecule has 0 saturated carbocycles. The topological polar surface area (TPSA) is 122 Å². The van der Waals surface area contributed by atoms with Crippen LogP contribution in [0.1, 0.15) is 16.8 Å². The van der Waals surface area contributed by atoms with Crippen molar-refractivity contribution < 1.29 is 9.47 Å². The fourth-order valence-corrected chi connectivity index (χ4v) is 4.32. The zero-order valence-electron chi connectivity index (χ0n) is 22.1. The van der Waals surface area contributed by atoms with Crippen molar-refractivity contribution in [2.45, 2.75) is 19.4 Å². The molecule has 0 radical (unpaired) electrons. The van der Waals surface area contributed by atoms with Crippen molar-refractivity contribution in [3.63, 3.8) is 0 Å². The number of nitrogens with zero attached hydrogens (tertiary/aromatic N) is 4. The summed E-state index contributed by atoms with van der Waals surface area (Å²) >= 11 is 0. The van der Waals surface area contributed by atoms with E-state index in [0.717, 1.165) is 24.1 Å². The number of rotatable bonds is 13. The summed E-state index contributed by atoms with van der Waals surface area (Å²) in [7, 11) is 3.27. The van der Waals surface area contributed by atoms with Gasteiger partial charge in [-0.2, -0.15) is 15.0 Å². The second-order valence-corrected chi connectivity index (χ2v) is 8.92.